The predicted molar refractivity (Wildman–Crippen MR) is 67.8 cm³/mol. The largest absolute Gasteiger partial charge is 0.394 e. The Balaban J connectivity index is 3.52. The maximum atomic E-state index is 9.10. The van der Waals surface area contributed by atoms with Crippen molar-refractivity contribution in [1.29, 1.82) is 0 Å². The van der Waals surface area contributed by atoms with Crippen LogP contribution < -0.4 is 0 Å². The molecule has 4 unspecified atom stereocenters. The molecular weight excluding hydrogens is 256 g/mol. The van der Waals surface area contributed by atoms with Crippen molar-refractivity contribution in [2.75, 3.05) is 39.6 Å². The van der Waals surface area contributed by atoms with Crippen LogP contribution in [0.1, 0.15) is 13.8 Å². The second kappa shape index (κ2) is 11.5. The van der Waals surface area contributed by atoms with Gasteiger partial charge in [0.2, 0.25) is 0 Å². The molecule has 0 bridgehead atoms. The van der Waals surface area contributed by atoms with Crippen molar-refractivity contribution >= 4 is 0 Å². The quantitative estimate of drug-likeness (QED) is 0.346. The van der Waals surface area contributed by atoms with E-state index >= 15 is 0 Å². The molecule has 0 heterocycles. The highest BCUT2D eigenvalue weighted by Gasteiger charge is 2.10. The second-order valence-corrected chi connectivity index (χ2v) is 4.50. The van der Waals surface area contributed by atoms with Gasteiger partial charge >= 0.3 is 0 Å². The van der Waals surface area contributed by atoms with Crippen LogP contribution in [0.25, 0.3) is 0 Å². The summed E-state index contributed by atoms with van der Waals surface area (Å²) >= 11 is 0. The van der Waals surface area contributed by atoms with Gasteiger partial charge in [-0.05, 0) is 13.8 Å². The number of aliphatic hydroxyl groups excluding tert-OH is 4. The Morgan fingerprint density at radius 1 is 0.737 bits per heavy atom. The van der Waals surface area contributed by atoms with Gasteiger partial charge in [-0.1, -0.05) is 0 Å². The zero-order valence-corrected chi connectivity index (χ0v) is 11.6. The smallest absolute Gasteiger partial charge is 0.100 e. The number of aliphatic hydroxyl groups is 4. The average Bonchev–Trinajstić information content (AvgIpc) is 2.41. The molecule has 0 amide bonds. The summed E-state index contributed by atoms with van der Waals surface area (Å²) in [4.78, 5) is 0. The van der Waals surface area contributed by atoms with E-state index in [-0.39, 0.29) is 38.6 Å². The Hall–Kier alpha value is -0.280. The molecule has 0 aliphatic heterocycles. The minimum absolute atomic E-state index is 0.0641. The first-order valence-corrected chi connectivity index (χ1v) is 6.38. The molecule has 0 aliphatic carbocycles. The third-order valence-electron chi connectivity index (χ3n) is 2.27. The van der Waals surface area contributed by atoms with E-state index in [1.807, 2.05) is 6.92 Å². The summed E-state index contributed by atoms with van der Waals surface area (Å²) in [6, 6.07) is 0. The Kier molecular flexibility index (Phi) is 11.4. The van der Waals surface area contributed by atoms with Crippen molar-refractivity contribution in [1.82, 2.24) is 0 Å². The molecule has 0 saturated heterocycles. The van der Waals surface area contributed by atoms with E-state index in [0.717, 1.165) is 0 Å². The lowest BCUT2D eigenvalue weighted by molar-refractivity contribution is -0.0843. The Labute approximate surface area is 113 Å². The molecule has 0 fully saturated rings. The molecule has 0 radical (unpaired) electrons. The van der Waals surface area contributed by atoms with Gasteiger partial charge in [0.1, 0.15) is 12.2 Å². The van der Waals surface area contributed by atoms with E-state index in [0.29, 0.717) is 13.2 Å². The van der Waals surface area contributed by atoms with Crippen molar-refractivity contribution in [2.45, 2.75) is 38.3 Å². The zero-order chi connectivity index (χ0) is 14.7. The highest BCUT2D eigenvalue weighted by Crippen LogP contribution is 1.99. The molecule has 0 aromatic heterocycles. The molecule has 7 heteroatoms. The monoisotopic (exact) mass is 282 g/mol. The van der Waals surface area contributed by atoms with Crippen LogP contribution in [0, 0.1) is 0 Å². The summed E-state index contributed by atoms with van der Waals surface area (Å²) in [5.41, 5.74) is 0. The third kappa shape index (κ3) is 11.3. The standard InChI is InChI=1S/C12H26O7/c1-9(5-17-7-11(15)3-13)18-6-10(2)19-8-12(16)4-14/h9-16H,3-8H2,1-2H3. The molecule has 19 heavy (non-hydrogen) atoms. The van der Waals surface area contributed by atoms with Gasteiger partial charge in [-0.25, -0.2) is 0 Å². The Morgan fingerprint density at radius 2 is 1.21 bits per heavy atom. The molecule has 7 nitrogen and oxygen atoms in total. The van der Waals surface area contributed by atoms with Gasteiger partial charge in [-0.15, -0.1) is 0 Å². The van der Waals surface area contributed by atoms with Gasteiger partial charge in [0, 0.05) is 0 Å². The van der Waals surface area contributed by atoms with Crippen LogP contribution in [-0.4, -0.2) is 84.5 Å². The van der Waals surface area contributed by atoms with Crippen molar-refractivity contribution < 1.29 is 34.6 Å². The summed E-state index contributed by atoms with van der Waals surface area (Å²) in [5.74, 6) is 0. The highest BCUT2D eigenvalue weighted by molar-refractivity contribution is 4.56. The van der Waals surface area contributed by atoms with E-state index in [2.05, 4.69) is 0 Å². The molecule has 0 spiro atoms. The lowest BCUT2D eigenvalue weighted by atomic mass is 10.3. The molecule has 0 aliphatic rings. The minimum atomic E-state index is -0.872. The molecular formula is C12H26O7. The van der Waals surface area contributed by atoms with E-state index < -0.39 is 12.2 Å². The number of hydrogen-bond donors (Lipinski definition) is 4. The summed E-state index contributed by atoms with van der Waals surface area (Å²) in [5, 5.41) is 35.3. The first-order chi connectivity index (χ1) is 8.99. The van der Waals surface area contributed by atoms with E-state index in [1.165, 1.54) is 0 Å². The topological polar surface area (TPSA) is 109 Å². The second-order valence-electron chi connectivity index (χ2n) is 4.50. The van der Waals surface area contributed by atoms with Crippen LogP contribution >= 0.6 is 0 Å². The van der Waals surface area contributed by atoms with Gasteiger partial charge < -0.3 is 34.6 Å². The molecule has 0 aromatic carbocycles. The van der Waals surface area contributed by atoms with Crippen LogP contribution in [0.3, 0.4) is 0 Å². The zero-order valence-electron chi connectivity index (χ0n) is 11.6. The lowest BCUT2D eigenvalue weighted by Gasteiger charge is -2.19. The van der Waals surface area contributed by atoms with Crippen molar-refractivity contribution in [3.8, 4) is 0 Å². The van der Waals surface area contributed by atoms with Gasteiger partial charge in [0.15, 0.2) is 0 Å². The average molecular weight is 282 g/mol. The van der Waals surface area contributed by atoms with Gasteiger partial charge in [0.25, 0.3) is 0 Å². The molecule has 0 saturated carbocycles. The van der Waals surface area contributed by atoms with E-state index in [1.54, 1.807) is 6.92 Å². The lowest BCUT2D eigenvalue weighted by Crippen LogP contribution is -2.28. The molecule has 4 atom stereocenters. The fraction of sp³-hybridized carbons (Fsp3) is 1.00. The summed E-state index contributed by atoms with van der Waals surface area (Å²) in [6.45, 7) is 3.74. The Bertz CT molecular complexity index is 203. The minimum Gasteiger partial charge on any atom is -0.394 e. The van der Waals surface area contributed by atoms with Gasteiger partial charge in [-0.2, -0.15) is 0 Å². The van der Waals surface area contributed by atoms with Gasteiger partial charge in [0.05, 0.1) is 51.8 Å². The first-order valence-electron chi connectivity index (χ1n) is 6.38. The van der Waals surface area contributed by atoms with Crippen LogP contribution in [-0.2, 0) is 14.2 Å². The molecule has 4 N–H and O–H groups in total. The van der Waals surface area contributed by atoms with Crippen LogP contribution in [0.4, 0.5) is 0 Å². The highest BCUT2D eigenvalue weighted by atomic mass is 16.6. The summed E-state index contributed by atoms with van der Waals surface area (Å²) in [6.07, 6.45) is -2.11. The molecule has 116 valence electrons. The maximum absolute atomic E-state index is 9.10. The van der Waals surface area contributed by atoms with Crippen LogP contribution in [0.2, 0.25) is 0 Å². The van der Waals surface area contributed by atoms with Crippen LogP contribution in [0.5, 0.6) is 0 Å². The normalized spacial score (nSPS) is 18.0. The fourth-order valence-electron chi connectivity index (χ4n) is 1.15. The van der Waals surface area contributed by atoms with Crippen molar-refractivity contribution in [2.24, 2.45) is 0 Å². The van der Waals surface area contributed by atoms with Gasteiger partial charge in [-0.3, -0.25) is 0 Å². The number of rotatable bonds is 12. The number of ether oxygens (including phenoxy) is 3. The Morgan fingerprint density at radius 3 is 1.79 bits per heavy atom. The molecule has 0 aromatic rings. The summed E-state index contributed by atoms with van der Waals surface area (Å²) in [7, 11) is 0. The number of hydrogen-bond acceptors (Lipinski definition) is 7. The first kappa shape index (κ1) is 18.7. The van der Waals surface area contributed by atoms with Crippen molar-refractivity contribution in [3.63, 3.8) is 0 Å². The third-order valence-corrected chi connectivity index (χ3v) is 2.27. The molecule has 0 rings (SSSR count). The van der Waals surface area contributed by atoms with E-state index in [4.69, 9.17) is 34.6 Å². The fourth-order valence-corrected chi connectivity index (χ4v) is 1.15. The van der Waals surface area contributed by atoms with Crippen molar-refractivity contribution in [3.05, 3.63) is 0 Å². The SMILES string of the molecule is CC(COCC(O)CO)OCC(C)OCC(O)CO. The summed E-state index contributed by atoms with van der Waals surface area (Å²) < 4.78 is 15.9. The van der Waals surface area contributed by atoms with E-state index in [9.17, 15) is 0 Å². The maximum Gasteiger partial charge on any atom is 0.100 e. The van der Waals surface area contributed by atoms with Crippen LogP contribution in [0.15, 0.2) is 0 Å². The predicted octanol–water partition coefficient (Wildman–Crippen LogP) is -1.48.